The van der Waals surface area contributed by atoms with Crippen LogP contribution in [0.3, 0.4) is 0 Å². The van der Waals surface area contributed by atoms with Gasteiger partial charge in [-0.1, -0.05) is 0 Å². The average molecular weight is 290 g/mol. The van der Waals surface area contributed by atoms with Crippen LogP contribution in [0.15, 0.2) is 12.1 Å². The number of H-pyrrole nitrogens is 1. The summed E-state index contributed by atoms with van der Waals surface area (Å²) >= 11 is 0. The number of benzene rings is 1. The smallest absolute Gasteiger partial charge is 0.250 e. The first-order valence-electron chi connectivity index (χ1n) is 7.12. The lowest BCUT2D eigenvalue weighted by Crippen LogP contribution is -2.34. The molecule has 0 aliphatic heterocycles. The number of nitrogens with one attached hydrogen (secondary N) is 1. The molecule has 21 heavy (non-hydrogen) atoms. The minimum absolute atomic E-state index is 0.139. The molecule has 1 atom stereocenters. The van der Waals surface area contributed by atoms with Crippen LogP contribution in [0.2, 0.25) is 0 Å². The third kappa shape index (κ3) is 2.31. The van der Waals surface area contributed by atoms with E-state index in [1.54, 1.807) is 13.8 Å². The number of primary amides is 1. The Kier molecular flexibility index (Phi) is 3.06. The molecule has 0 saturated heterocycles. The van der Waals surface area contributed by atoms with E-state index in [2.05, 4.69) is 4.98 Å². The Morgan fingerprint density at radius 2 is 2.19 bits per heavy atom. The van der Waals surface area contributed by atoms with Crippen LogP contribution in [0.4, 0.5) is 4.39 Å². The minimum atomic E-state index is -0.757. The van der Waals surface area contributed by atoms with Gasteiger partial charge in [-0.05, 0) is 56.7 Å². The summed E-state index contributed by atoms with van der Waals surface area (Å²) in [5, 5.41) is 10.9. The first-order chi connectivity index (χ1) is 9.77. The zero-order valence-electron chi connectivity index (χ0n) is 12.2. The van der Waals surface area contributed by atoms with Crippen molar-refractivity contribution in [2.45, 2.75) is 38.7 Å². The molecule has 1 amide bonds. The van der Waals surface area contributed by atoms with Crippen LogP contribution in [-0.4, -0.2) is 21.6 Å². The van der Waals surface area contributed by atoms with Crippen molar-refractivity contribution in [2.75, 3.05) is 0 Å². The molecule has 1 aromatic carbocycles. The van der Waals surface area contributed by atoms with Gasteiger partial charge in [-0.15, -0.1) is 0 Å². The summed E-state index contributed by atoms with van der Waals surface area (Å²) in [6.45, 7) is 3.61. The molecule has 4 nitrogen and oxygen atoms in total. The summed E-state index contributed by atoms with van der Waals surface area (Å²) < 4.78 is 13.7. The lowest BCUT2D eigenvalue weighted by atomic mass is 9.78. The van der Waals surface area contributed by atoms with E-state index in [0.717, 1.165) is 29.5 Å². The summed E-state index contributed by atoms with van der Waals surface area (Å²) in [7, 11) is 0. The van der Waals surface area contributed by atoms with Crippen molar-refractivity contribution in [1.29, 1.82) is 0 Å². The van der Waals surface area contributed by atoms with Gasteiger partial charge in [0.15, 0.2) is 0 Å². The highest BCUT2D eigenvalue weighted by atomic mass is 19.1. The Morgan fingerprint density at radius 1 is 1.48 bits per heavy atom. The molecule has 0 spiro atoms. The fraction of sp³-hybridized carbons (Fsp3) is 0.438. The number of aromatic nitrogens is 1. The fourth-order valence-electron chi connectivity index (χ4n) is 3.29. The Hall–Kier alpha value is -1.88. The van der Waals surface area contributed by atoms with Crippen molar-refractivity contribution < 1.29 is 14.3 Å². The van der Waals surface area contributed by atoms with Gasteiger partial charge in [-0.25, -0.2) is 4.39 Å². The molecular weight excluding hydrogens is 271 g/mol. The number of halogens is 1. The van der Waals surface area contributed by atoms with Crippen LogP contribution in [-0.2, 0) is 12.8 Å². The third-order valence-electron chi connectivity index (χ3n) is 4.53. The predicted octanol–water partition coefficient (Wildman–Crippen LogP) is 2.28. The number of hydrogen-bond donors (Lipinski definition) is 3. The molecule has 0 radical (unpaired) electrons. The van der Waals surface area contributed by atoms with Gasteiger partial charge in [0.25, 0.3) is 5.91 Å². The molecule has 1 aromatic heterocycles. The summed E-state index contributed by atoms with van der Waals surface area (Å²) in [5.74, 6) is -0.959. The van der Waals surface area contributed by atoms with Crippen molar-refractivity contribution in [2.24, 2.45) is 11.7 Å². The molecule has 0 fully saturated rings. The van der Waals surface area contributed by atoms with Gasteiger partial charge in [0.2, 0.25) is 0 Å². The lowest BCUT2D eigenvalue weighted by Gasteiger charge is -2.32. The molecule has 1 aliphatic rings. The van der Waals surface area contributed by atoms with Gasteiger partial charge in [-0.2, -0.15) is 0 Å². The number of amides is 1. The van der Waals surface area contributed by atoms with Gasteiger partial charge < -0.3 is 15.8 Å². The van der Waals surface area contributed by atoms with E-state index < -0.39 is 17.3 Å². The van der Waals surface area contributed by atoms with E-state index in [-0.39, 0.29) is 11.5 Å². The second-order valence-electron chi connectivity index (χ2n) is 6.42. The maximum atomic E-state index is 13.7. The fourth-order valence-corrected chi connectivity index (χ4v) is 3.29. The number of aryl methyl sites for hydroxylation is 1. The number of aliphatic hydroxyl groups is 1. The molecule has 0 bridgehead atoms. The third-order valence-corrected chi connectivity index (χ3v) is 4.53. The lowest BCUT2D eigenvalue weighted by molar-refractivity contribution is 0.0107. The average Bonchev–Trinajstić information content (AvgIpc) is 2.74. The van der Waals surface area contributed by atoms with Crippen LogP contribution >= 0.6 is 0 Å². The predicted molar refractivity (Wildman–Crippen MR) is 78.6 cm³/mol. The second-order valence-corrected chi connectivity index (χ2v) is 6.42. The SMILES string of the molecule is CC(C)(O)[C@H]1CCc2c([nH]c3c(C(N)=O)cc(F)cc23)C1. The number of rotatable bonds is 2. The number of carbonyl (C=O) groups is 1. The highest BCUT2D eigenvalue weighted by Crippen LogP contribution is 2.37. The molecule has 2 aromatic rings. The molecule has 0 unspecified atom stereocenters. The molecule has 5 heteroatoms. The van der Waals surface area contributed by atoms with Gasteiger partial charge in [0, 0.05) is 11.1 Å². The minimum Gasteiger partial charge on any atom is -0.390 e. The highest BCUT2D eigenvalue weighted by Gasteiger charge is 2.32. The topological polar surface area (TPSA) is 79.1 Å². The maximum absolute atomic E-state index is 13.7. The number of aromatic amines is 1. The summed E-state index contributed by atoms with van der Waals surface area (Å²) in [6.07, 6.45) is 2.28. The van der Waals surface area contributed by atoms with E-state index in [4.69, 9.17) is 5.73 Å². The molecule has 112 valence electrons. The number of hydrogen-bond acceptors (Lipinski definition) is 2. The number of fused-ring (bicyclic) bond motifs is 3. The molecule has 1 heterocycles. The zero-order valence-corrected chi connectivity index (χ0v) is 12.2. The van der Waals surface area contributed by atoms with Crippen molar-refractivity contribution in [3.8, 4) is 0 Å². The van der Waals surface area contributed by atoms with Crippen molar-refractivity contribution in [3.05, 3.63) is 34.8 Å². The van der Waals surface area contributed by atoms with Crippen molar-refractivity contribution in [3.63, 3.8) is 0 Å². The van der Waals surface area contributed by atoms with E-state index in [0.29, 0.717) is 11.9 Å². The molecule has 1 aliphatic carbocycles. The van der Waals surface area contributed by atoms with E-state index in [1.165, 1.54) is 12.1 Å². The second kappa shape index (κ2) is 4.56. The molecular formula is C16H19FN2O2. The van der Waals surface area contributed by atoms with Gasteiger partial charge in [0.05, 0.1) is 16.7 Å². The van der Waals surface area contributed by atoms with Gasteiger partial charge in [-0.3, -0.25) is 4.79 Å². The van der Waals surface area contributed by atoms with Crippen molar-refractivity contribution in [1.82, 2.24) is 4.98 Å². The molecule has 3 rings (SSSR count). The quantitative estimate of drug-likeness (QED) is 0.793. The molecule has 0 saturated carbocycles. The monoisotopic (exact) mass is 290 g/mol. The maximum Gasteiger partial charge on any atom is 0.250 e. The Labute approximate surface area is 122 Å². The first-order valence-corrected chi connectivity index (χ1v) is 7.12. The summed E-state index contributed by atoms with van der Waals surface area (Å²) in [4.78, 5) is 14.7. The van der Waals surface area contributed by atoms with Crippen LogP contribution in [0.1, 0.15) is 41.9 Å². The zero-order chi connectivity index (χ0) is 15.4. The summed E-state index contributed by atoms with van der Waals surface area (Å²) in [5.41, 5.74) is 7.37. The van der Waals surface area contributed by atoms with Crippen LogP contribution in [0.5, 0.6) is 0 Å². The normalized spacial score (nSPS) is 18.8. The van der Waals surface area contributed by atoms with Gasteiger partial charge in [0.1, 0.15) is 5.82 Å². The van der Waals surface area contributed by atoms with Crippen LogP contribution < -0.4 is 5.73 Å². The largest absolute Gasteiger partial charge is 0.390 e. The Morgan fingerprint density at radius 3 is 2.81 bits per heavy atom. The van der Waals surface area contributed by atoms with Crippen LogP contribution in [0, 0.1) is 11.7 Å². The van der Waals surface area contributed by atoms with Crippen molar-refractivity contribution >= 4 is 16.8 Å². The first kappa shape index (κ1) is 14.1. The highest BCUT2D eigenvalue weighted by molar-refractivity contribution is 6.06. The van der Waals surface area contributed by atoms with Gasteiger partial charge >= 0.3 is 0 Å². The Balaban J connectivity index is 2.15. The number of carbonyl (C=O) groups excluding carboxylic acids is 1. The summed E-state index contributed by atoms with van der Waals surface area (Å²) in [6, 6.07) is 2.61. The van der Waals surface area contributed by atoms with Crippen LogP contribution in [0.25, 0.3) is 10.9 Å². The van der Waals surface area contributed by atoms with E-state index in [1.807, 2.05) is 0 Å². The van der Waals surface area contributed by atoms with E-state index in [9.17, 15) is 14.3 Å². The standard InChI is InChI=1S/C16H19FN2O2/c1-16(2,21)8-3-4-10-11-6-9(17)7-12(15(18)20)14(11)19-13(10)5-8/h6-8,19,21H,3-5H2,1-2H3,(H2,18,20)/t8-/m0/s1. The Bertz CT molecular complexity index is 728. The van der Waals surface area contributed by atoms with E-state index >= 15 is 0 Å². The number of nitrogens with two attached hydrogens (primary N) is 1. The molecule has 4 N–H and O–H groups in total.